The molecule has 0 aliphatic carbocycles. The van der Waals surface area contributed by atoms with Gasteiger partial charge in [0.05, 0.1) is 19.4 Å². The van der Waals surface area contributed by atoms with Crippen LogP contribution in [0.5, 0.6) is 11.5 Å². The number of ether oxygens (including phenoxy) is 2. The van der Waals surface area contributed by atoms with Crippen molar-refractivity contribution in [1.29, 1.82) is 5.26 Å². The van der Waals surface area contributed by atoms with Gasteiger partial charge in [-0.3, -0.25) is 9.59 Å². The number of carbonyl (C=O) groups excluding carboxylic acids is 2. The van der Waals surface area contributed by atoms with Gasteiger partial charge in [0.1, 0.15) is 28.9 Å². The summed E-state index contributed by atoms with van der Waals surface area (Å²) in [5, 5.41) is 11.9. The molecule has 2 aromatic carbocycles. The van der Waals surface area contributed by atoms with Gasteiger partial charge in [0.25, 0.3) is 5.91 Å². The van der Waals surface area contributed by atoms with Gasteiger partial charge in [-0.05, 0) is 66.4 Å². The van der Waals surface area contributed by atoms with Crippen LogP contribution in [0.4, 0.5) is 0 Å². The number of hydrogen-bond acceptors (Lipinski definition) is 6. The molecular weight excluding hydrogens is 432 g/mol. The summed E-state index contributed by atoms with van der Waals surface area (Å²) in [4.78, 5) is 24.3. The highest BCUT2D eigenvalue weighted by atomic mass is 16.5. The molecule has 3 rings (SSSR count). The number of esters is 1. The minimum absolute atomic E-state index is 0.0411. The molecular formula is C27H26N2O5. The zero-order chi connectivity index (χ0) is 24.2. The number of nitriles is 1. The normalized spacial score (nSPS) is 10.9. The summed E-state index contributed by atoms with van der Waals surface area (Å²) in [6.07, 6.45) is 4.71. The second-order valence-corrected chi connectivity index (χ2v) is 7.42. The third-order valence-corrected chi connectivity index (χ3v) is 4.92. The van der Waals surface area contributed by atoms with Crippen molar-refractivity contribution in [3.05, 3.63) is 89.4 Å². The zero-order valence-electron chi connectivity index (χ0n) is 19.0. The predicted molar refractivity (Wildman–Crippen MR) is 127 cm³/mol. The molecule has 34 heavy (non-hydrogen) atoms. The number of amides is 1. The van der Waals surface area contributed by atoms with Gasteiger partial charge in [-0.1, -0.05) is 31.2 Å². The van der Waals surface area contributed by atoms with Crippen LogP contribution >= 0.6 is 0 Å². The standard InChI is InChI=1S/C27H26N2O5/c1-2-20-7-11-23(12-8-20)32-16-4-6-26(30)34-24-13-9-21(10-14-24)17-22(18-28)27(31)29-19-25-5-3-15-33-25/h3,5,7-15,17H,2,4,6,16,19H2,1H3,(H,29,31)/b22-17+. The summed E-state index contributed by atoms with van der Waals surface area (Å²) in [7, 11) is 0. The molecule has 1 aromatic heterocycles. The summed E-state index contributed by atoms with van der Waals surface area (Å²) < 4.78 is 16.1. The molecule has 0 fully saturated rings. The Labute approximate surface area is 198 Å². The molecule has 0 atom stereocenters. The lowest BCUT2D eigenvalue weighted by atomic mass is 10.1. The van der Waals surface area contributed by atoms with E-state index in [2.05, 4.69) is 12.2 Å². The molecule has 0 bridgehead atoms. The summed E-state index contributed by atoms with van der Waals surface area (Å²) in [5.41, 5.74) is 1.84. The quantitative estimate of drug-likeness (QED) is 0.145. The van der Waals surface area contributed by atoms with Crippen molar-refractivity contribution in [2.24, 2.45) is 0 Å². The first-order chi connectivity index (χ1) is 16.6. The van der Waals surface area contributed by atoms with Crippen LogP contribution in [0.25, 0.3) is 6.08 Å². The van der Waals surface area contributed by atoms with E-state index in [9.17, 15) is 14.9 Å². The summed E-state index contributed by atoms with van der Waals surface area (Å²) >= 11 is 0. The van der Waals surface area contributed by atoms with Crippen LogP contribution < -0.4 is 14.8 Å². The smallest absolute Gasteiger partial charge is 0.311 e. The topological polar surface area (TPSA) is 102 Å². The van der Waals surface area contributed by atoms with E-state index in [1.807, 2.05) is 30.3 Å². The van der Waals surface area contributed by atoms with Gasteiger partial charge in [0, 0.05) is 6.42 Å². The van der Waals surface area contributed by atoms with Crippen molar-refractivity contribution < 1.29 is 23.5 Å². The van der Waals surface area contributed by atoms with Crippen LogP contribution in [-0.2, 0) is 22.6 Å². The van der Waals surface area contributed by atoms with E-state index in [1.165, 1.54) is 17.9 Å². The Balaban J connectivity index is 1.43. The van der Waals surface area contributed by atoms with Gasteiger partial charge in [0.15, 0.2) is 0 Å². The molecule has 1 N–H and O–H groups in total. The minimum atomic E-state index is -0.502. The SMILES string of the molecule is CCc1ccc(OCCCC(=O)Oc2ccc(/C=C(\C#N)C(=O)NCc3ccco3)cc2)cc1. The van der Waals surface area contributed by atoms with Gasteiger partial charge in [0.2, 0.25) is 0 Å². The van der Waals surface area contributed by atoms with E-state index in [1.54, 1.807) is 36.4 Å². The Morgan fingerprint density at radius 1 is 1.06 bits per heavy atom. The maximum atomic E-state index is 12.2. The fraction of sp³-hybridized carbons (Fsp3) is 0.222. The van der Waals surface area contributed by atoms with Gasteiger partial charge in [-0.15, -0.1) is 0 Å². The molecule has 0 radical (unpaired) electrons. The van der Waals surface area contributed by atoms with Gasteiger partial charge in [-0.25, -0.2) is 0 Å². The van der Waals surface area contributed by atoms with Crippen LogP contribution in [0.15, 0.2) is 76.9 Å². The van der Waals surface area contributed by atoms with E-state index < -0.39 is 5.91 Å². The number of furan rings is 1. The number of nitrogens with zero attached hydrogens (tertiary/aromatic N) is 1. The van der Waals surface area contributed by atoms with E-state index in [0.717, 1.165) is 12.2 Å². The third-order valence-electron chi connectivity index (χ3n) is 4.92. The predicted octanol–water partition coefficient (Wildman–Crippen LogP) is 4.83. The molecule has 0 spiro atoms. The molecule has 7 nitrogen and oxygen atoms in total. The number of aryl methyl sites for hydroxylation is 1. The fourth-order valence-electron chi connectivity index (χ4n) is 3.03. The van der Waals surface area contributed by atoms with Crippen LogP contribution in [0.1, 0.15) is 36.7 Å². The van der Waals surface area contributed by atoms with Gasteiger partial charge in [-0.2, -0.15) is 5.26 Å². The molecule has 1 heterocycles. The summed E-state index contributed by atoms with van der Waals surface area (Å²) in [6.45, 7) is 2.71. The highest BCUT2D eigenvalue weighted by Crippen LogP contribution is 2.16. The molecule has 7 heteroatoms. The molecule has 0 saturated carbocycles. The average molecular weight is 459 g/mol. The summed E-state index contributed by atoms with van der Waals surface area (Å²) in [6, 6.07) is 19.8. The zero-order valence-corrected chi connectivity index (χ0v) is 19.0. The van der Waals surface area contributed by atoms with Crippen molar-refractivity contribution >= 4 is 18.0 Å². The lowest BCUT2D eigenvalue weighted by Crippen LogP contribution is -2.23. The first-order valence-corrected chi connectivity index (χ1v) is 11.0. The highest BCUT2D eigenvalue weighted by Gasteiger charge is 2.10. The molecule has 3 aromatic rings. The van der Waals surface area contributed by atoms with E-state index >= 15 is 0 Å². The molecule has 1 amide bonds. The van der Waals surface area contributed by atoms with Crippen molar-refractivity contribution in [2.75, 3.05) is 6.61 Å². The van der Waals surface area contributed by atoms with Crippen molar-refractivity contribution in [1.82, 2.24) is 5.32 Å². The number of hydrogen-bond donors (Lipinski definition) is 1. The molecule has 0 aliphatic rings. The maximum absolute atomic E-state index is 12.2. The van der Waals surface area contributed by atoms with E-state index in [4.69, 9.17) is 13.9 Å². The number of rotatable bonds is 11. The van der Waals surface area contributed by atoms with Gasteiger partial charge >= 0.3 is 5.97 Å². The average Bonchev–Trinajstić information content (AvgIpc) is 3.39. The van der Waals surface area contributed by atoms with Crippen molar-refractivity contribution in [3.8, 4) is 17.6 Å². The monoisotopic (exact) mass is 458 g/mol. The largest absolute Gasteiger partial charge is 0.494 e. The molecule has 0 saturated heterocycles. The Hall–Kier alpha value is -4.31. The number of benzene rings is 2. The third kappa shape index (κ3) is 7.68. The van der Waals surface area contributed by atoms with Crippen LogP contribution in [0.2, 0.25) is 0 Å². The van der Waals surface area contributed by atoms with Crippen molar-refractivity contribution in [2.45, 2.75) is 32.7 Å². The number of nitrogens with one attached hydrogen (secondary N) is 1. The number of carbonyl (C=O) groups is 2. The second-order valence-electron chi connectivity index (χ2n) is 7.42. The molecule has 0 aliphatic heterocycles. The van der Waals surface area contributed by atoms with Crippen LogP contribution in [0.3, 0.4) is 0 Å². The lowest BCUT2D eigenvalue weighted by Gasteiger charge is -2.07. The Kier molecular flexibility index (Phi) is 9.06. The van der Waals surface area contributed by atoms with Crippen LogP contribution in [-0.4, -0.2) is 18.5 Å². The van der Waals surface area contributed by atoms with Crippen molar-refractivity contribution in [3.63, 3.8) is 0 Å². The second kappa shape index (κ2) is 12.7. The highest BCUT2D eigenvalue weighted by molar-refractivity contribution is 6.01. The van der Waals surface area contributed by atoms with E-state index in [-0.39, 0.29) is 24.5 Å². The Morgan fingerprint density at radius 2 is 1.79 bits per heavy atom. The maximum Gasteiger partial charge on any atom is 0.311 e. The minimum Gasteiger partial charge on any atom is -0.494 e. The summed E-state index contributed by atoms with van der Waals surface area (Å²) in [5.74, 6) is 0.898. The Morgan fingerprint density at radius 3 is 2.44 bits per heavy atom. The van der Waals surface area contributed by atoms with Gasteiger partial charge < -0.3 is 19.2 Å². The first-order valence-electron chi connectivity index (χ1n) is 11.0. The fourth-order valence-corrected chi connectivity index (χ4v) is 3.03. The first kappa shape index (κ1) is 24.3. The molecule has 174 valence electrons. The molecule has 0 unspecified atom stereocenters. The Bertz CT molecular complexity index is 1140. The van der Waals surface area contributed by atoms with Crippen LogP contribution in [0, 0.1) is 11.3 Å². The lowest BCUT2D eigenvalue weighted by molar-refractivity contribution is -0.134. The van der Waals surface area contributed by atoms with E-state index in [0.29, 0.717) is 30.1 Å².